The number of benzene rings is 2. The molecule has 9 amide bonds. The van der Waals surface area contributed by atoms with Crippen LogP contribution in [0.5, 0.6) is 0 Å². The first-order valence-corrected chi connectivity index (χ1v) is 22.2. The fraction of sp³-hybridized carbons (Fsp3) is 0.477. The van der Waals surface area contributed by atoms with Crippen molar-refractivity contribution in [2.24, 2.45) is 61.8 Å². The molecule has 25 nitrogen and oxygen atoms in total. The van der Waals surface area contributed by atoms with E-state index in [4.69, 9.17) is 45.9 Å². The van der Waals surface area contributed by atoms with Gasteiger partial charge < -0.3 is 77.8 Å². The molecule has 0 heterocycles. The molecule has 69 heavy (non-hydrogen) atoms. The normalized spacial score (nSPS) is 13.9. The number of carbonyl (C=O) groups is 9. The minimum absolute atomic E-state index is 0.00579. The Bertz CT molecular complexity index is 2120. The quantitative estimate of drug-likeness (QED) is 0.0192. The molecule has 0 fully saturated rings. The zero-order chi connectivity index (χ0) is 51.6. The van der Waals surface area contributed by atoms with E-state index in [-0.39, 0.29) is 75.9 Å². The van der Waals surface area contributed by atoms with Gasteiger partial charge in [0, 0.05) is 25.9 Å². The van der Waals surface area contributed by atoms with Crippen molar-refractivity contribution in [2.75, 3.05) is 13.1 Å². The van der Waals surface area contributed by atoms with Crippen molar-refractivity contribution in [1.82, 2.24) is 31.9 Å². The van der Waals surface area contributed by atoms with Crippen LogP contribution in [0.4, 0.5) is 0 Å². The van der Waals surface area contributed by atoms with E-state index in [9.17, 15) is 43.2 Å². The molecular weight excluding hydrogens is 897 g/mol. The van der Waals surface area contributed by atoms with Crippen molar-refractivity contribution in [3.8, 4) is 0 Å². The summed E-state index contributed by atoms with van der Waals surface area (Å²) in [5.74, 6) is -8.71. The molecule has 2 aromatic carbocycles. The Morgan fingerprint density at radius 2 is 0.826 bits per heavy atom. The zero-order valence-corrected chi connectivity index (χ0v) is 38.9. The molecule has 0 aliphatic rings. The highest BCUT2D eigenvalue weighted by molar-refractivity contribution is 5.98. The van der Waals surface area contributed by atoms with Gasteiger partial charge in [0.2, 0.25) is 53.2 Å². The standard InChI is InChI=1S/C44H68N16O9/c1-24(2)19-31(40(67)56-29(16-10-18-54-44(51)52)38(65)57-30(36(48)63)20-25-11-5-3-6-12-25)58-41(68)32(21-26-13-7-4-8-14-26)59-42(69)33(23-35(47)62)60-39(66)28(15-9-17-53-43(49)50)55-37(64)27(45)22-34(46)61/h3-8,11-14,24,27-33H,9-10,15-23,45H2,1-2H3,(H2,46,61)(H2,47,62)(H2,48,63)(H,55,64)(H,56,67)(H,57,65)(H,58,68)(H,59,69)(H,60,66)(H4,49,50,53)(H4,51,52,54)/t27-,28-,29-,30-,31-,32-,33-/m0/s1. The SMILES string of the molecule is CC(C)C[C@H](NC(=O)[C@H](Cc1ccccc1)NC(=O)[C@H](CC(N)=O)NC(=O)[C@H](CCCN=C(N)N)NC(=O)[C@@H](N)CC(N)=O)C(=O)N[C@@H](CCCN=C(N)N)C(=O)N[C@@H](Cc1ccccc1)C(N)=O. The van der Waals surface area contributed by atoms with Gasteiger partial charge in [-0.2, -0.15) is 0 Å². The fourth-order valence-corrected chi connectivity index (χ4v) is 6.74. The van der Waals surface area contributed by atoms with Gasteiger partial charge >= 0.3 is 0 Å². The number of nitrogens with one attached hydrogen (secondary N) is 6. The van der Waals surface area contributed by atoms with Gasteiger partial charge in [-0.3, -0.25) is 53.1 Å². The van der Waals surface area contributed by atoms with Crippen LogP contribution >= 0.6 is 0 Å². The summed E-state index contributed by atoms with van der Waals surface area (Å²) in [6.07, 6.45) is -1.14. The molecule has 25 heteroatoms. The molecule has 0 saturated carbocycles. The van der Waals surface area contributed by atoms with Crippen molar-refractivity contribution in [3.05, 3.63) is 71.8 Å². The predicted molar refractivity (Wildman–Crippen MR) is 256 cm³/mol. The minimum atomic E-state index is -1.71. The summed E-state index contributed by atoms with van der Waals surface area (Å²) in [5.41, 5.74) is 45.1. The second-order valence-electron chi connectivity index (χ2n) is 16.6. The lowest BCUT2D eigenvalue weighted by Gasteiger charge is -2.28. The number of hydrogen-bond acceptors (Lipinski definition) is 12. The third-order valence-electron chi connectivity index (χ3n) is 10.2. The van der Waals surface area contributed by atoms with E-state index in [0.717, 1.165) is 0 Å². The molecule has 2 aromatic rings. The van der Waals surface area contributed by atoms with E-state index < -0.39 is 108 Å². The number of nitrogens with zero attached hydrogens (tertiary/aromatic N) is 2. The number of nitrogens with two attached hydrogens (primary N) is 8. The van der Waals surface area contributed by atoms with Gasteiger partial charge in [0.1, 0.15) is 36.3 Å². The summed E-state index contributed by atoms with van der Waals surface area (Å²) < 4.78 is 0. The number of aliphatic imine (C=N–C) groups is 2. The summed E-state index contributed by atoms with van der Waals surface area (Å²) in [7, 11) is 0. The van der Waals surface area contributed by atoms with Crippen LogP contribution in [-0.4, -0.2) is 120 Å². The van der Waals surface area contributed by atoms with Crippen LogP contribution < -0.4 is 77.8 Å². The van der Waals surface area contributed by atoms with Gasteiger partial charge in [-0.15, -0.1) is 0 Å². The highest BCUT2D eigenvalue weighted by atomic mass is 16.2. The Balaban J connectivity index is 2.46. The minimum Gasteiger partial charge on any atom is -0.370 e. The Hall–Kier alpha value is -7.83. The van der Waals surface area contributed by atoms with Gasteiger partial charge in [-0.05, 0) is 49.1 Å². The van der Waals surface area contributed by atoms with Crippen LogP contribution in [0.15, 0.2) is 70.6 Å². The molecule has 0 unspecified atom stereocenters. The van der Waals surface area contributed by atoms with Gasteiger partial charge in [-0.25, -0.2) is 0 Å². The van der Waals surface area contributed by atoms with Crippen LogP contribution in [0, 0.1) is 5.92 Å². The molecule has 0 spiro atoms. The van der Waals surface area contributed by atoms with Crippen LogP contribution in [0.3, 0.4) is 0 Å². The molecule has 0 bridgehead atoms. The molecule has 22 N–H and O–H groups in total. The number of guanidine groups is 2. The maximum atomic E-state index is 14.3. The number of rotatable bonds is 31. The maximum Gasteiger partial charge on any atom is 0.243 e. The average molecular weight is 965 g/mol. The zero-order valence-electron chi connectivity index (χ0n) is 38.9. The first-order valence-electron chi connectivity index (χ1n) is 22.2. The summed E-state index contributed by atoms with van der Waals surface area (Å²) in [4.78, 5) is 127. The predicted octanol–water partition coefficient (Wildman–Crippen LogP) is -4.90. The molecule has 0 aromatic heterocycles. The lowest BCUT2D eigenvalue weighted by molar-refractivity contribution is -0.136. The van der Waals surface area contributed by atoms with E-state index in [1.807, 2.05) is 0 Å². The van der Waals surface area contributed by atoms with Crippen molar-refractivity contribution in [1.29, 1.82) is 0 Å². The van der Waals surface area contributed by atoms with Crippen molar-refractivity contribution < 1.29 is 43.2 Å². The first-order chi connectivity index (χ1) is 32.6. The third kappa shape index (κ3) is 23.0. The summed E-state index contributed by atoms with van der Waals surface area (Å²) >= 11 is 0. The molecule has 0 saturated heterocycles. The number of carbonyl (C=O) groups excluding carboxylic acids is 9. The van der Waals surface area contributed by atoms with Crippen LogP contribution in [0.2, 0.25) is 0 Å². The average Bonchev–Trinajstić information content (AvgIpc) is 3.27. The number of primary amides is 3. The van der Waals surface area contributed by atoms with E-state index in [1.54, 1.807) is 74.5 Å². The summed E-state index contributed by atoms with van der Waals surface area (Å²) in [5, 5.41) is 15.4. The Labute approximate surface area is 399 Å². The van der Waals surface area contributed by atoms with Gasteiger partial charge in [-0.1, -0.05) is 74.5 Å². The highest BCUT2D eigenvalue weighted by Gasteiger charge is 2.34. The lowest BCUT2D eigenvalue weighted by Crippen LogP contribution is -2.60. The number of amides is 9. The van der Waals surface area contributed by atoms with Gasteiger partial charge in [0.15, 0.2) is 11.9 Å². The molecule has 7 atom stereocenters. The van der Waals surface area contributed by atoms with Gasteiger partial charge in [0.05, 0.1) is 18.9 Å². The summed E-state index contributed by atoms with van der Waals surface area (Å²) in [6.45, 7) is 3.70. The largest absolute Gasteiger partial charge is 0.370 e. The number of hydrogen-bond donors (Lipinski definition) is 14. The fourth-order valence-electron chi connectivity index (χ4n) is 6.74. The monoisotopic (exact) mass is 965 g/mol. The van der Waals surface area contributed by atoms with Gasteiger partial charge in [0.25, 0.3) is 0 Å². The summed E-state index contributed by atoms with van der Waals surface area (Å²) in [6, 6.07) is 7.53. The Morgan fingerprint density at radius 1 is 0.464 bits per heavy atom. The first kappa shape index (κ1) is 57.3. The lowest BCUT2D eigenvalue weighted by atomic mass is 9.99. The van der Waals surface area contributed by atoms with E-state index in [2.05, 4.69) is 41.9 Å². The third-order valence-corrected chi connectivity index (χ3v) is 10.2. The second-order valence-corrected chi connectivity index (χ2v) is 16.6. The van der Waals surface area contributed by atoms with Crippen LogP contribution in [-0.2, 0) is 56.0 Å². The smallest absolute Gasteiger partial charge is 0.243 e. The highest BCUT2D eigenvalue weighted by Crippen LogP contribution is 2.12. The second kappa shape index (κ2) is 29.7. The van der Waals surface area contributed by atoms with E-state index >= 15 is 0 Å². The van der Waals surface area contributed by atoms with E-state index in [0.29, 0.717) is 11.1 Å². The Morgan fingerprint density at radius 3 is 1.26 bits per heavy atom. The molecular formula is C44H68N16O9. The molecule has 0 radical (unpaired) electrons. The van der Waals surface area contributed by atoms with Crippen molar-refractivity contribution in [2.45, 2.75) is 114 Å². The van der Waals surface area contributed by atoms with Crippen molar-refractivity contribution in [3.63, 3.8) is 0 Å². The Kier molecular flexibility index (Phi) is 24.7. The van der Waals surface area contributed by atoms with Crippen LogP contribution in [0.25, 0.3) is 0 Å². The maximum absolute atomic E-state index is 14.3. The molecule has 0 aliphatic carbocycles. The molecule has 2 rings (SSSR count). The molecule has 0 aliphatic heterocycles. The van der Waals surface area contributed by atoms with Crippen molar-refractivity contribution >= 4 is 65.1 Å². The molecule has 378 valence electrons. The van der Waals surface area contributed by atoms with Crippen LogP contribution in [0.1, 0.15) is 69.9 Å². The van der Waals surface area contributed by atoms with E-state index in [1.165, 1.54) is 0 Å². The topological polar surface area (TPSA) is 459 Å².